The van der Waals surface area contributed by atoms with Gasteiger partial charge in [-0.1, -0.05) is 6.92 Å². The van der Waals surface area contributed by atoms with Crippen LogP contribution in [-0.2, 0) is 9.47 Å². The maximum atomic E-state index is 10.5. The van der Waals surface area contributed by atoms with Crippen molar-refractivity contribution in [3.05, 3.63) is 0 Å². The lowest BCUT2D eigenvalue weighted by Crippen LogP contribution is -2.57. The number of fused-ring (bicyclic) bond motifs is 3. The molecule has 0 aromatic rings. The van der Waals surface area contributed by atoms with Crippen LogP contribution in [-0.4, -0.2) is 46.8 Å². The van der Waals surface area contributed by atoms with Crippen molar-refractivity contribution in [3.8, 4) is 0 Å². The Balaban J connectivity index is 1.63. The van der Waals surface area contributed by atoms with Crippen molar-refractivity contribution in [1.29, 1.82) is 0 Å². The SMILES string of the molecule is C[C@@]1(CO)C[C@H]2[C@H]1CC[C@]1(C)O[C@@H]1C[C@@H](O)[C@@]21CO1. The molecule has 19 heavy (non-hydrogen) atoms. The summed E-state index contributed by atoms with van der Waals surface area (Å²) in [7, 11) is 0. The number of rotatable bonds is 1. The number of hydrogen-bond acceptors (Lipinski definition) is 4. The number of aliphatic hydroxyl groups excluding tert-OH is 2. The molecule has 0 amide bonds. The van der Waals surface area contributed by atoms with Crippen LogP contribution in [0.15, 0.2) is 0 Å². The molecule has 4 fully saturated rings. The number of epoxide rings is 2. The Bertz CT molecular complexity index is 407. The molecule has 0 unspecified atom stereocenters. The molecule has 2 saturated heterocycles. The molecule has 2 aliphatic carbocycles. The van der Waals surface area contributed by atoms with Crippen LogP contribution in [0, 0.1) is 17.3 Å². The third kappa shape index (κ3) is 1.54. The fourth-order valence-electron chi connectivity index (χ4n) is 4.76. The van der Waals surface area contributed by atoms with Gasteiger partial charge >= 0.3 is 0 Å². The smallest absolute Gasteiger partial charge is 0.120 e. The van der Waals surface area contributed by atoms with E-state index in [0.29, 0.717) is 24.9 Å². The Morgan fingerprint density at radius 1 is 1.26 bits per heavy atom. The fourth-order valence-corrected chi connectivity index (χ4v) is 4.76. The molecule has 4 nitrogen and oxygen atoms in total. The zero-order chi connectivity index (χ0) is 13.5. The molecule has 4 rings (SSSR count). The zero-order valence-electron chi connectivity index (χ0n) is 11.8. The van der Waals surface area contributed by atoms with E-state index >= 15 is 0 Å². The van der Waals surface area contributed by atoms with Gasteiger partial charge in [-0.2, -0.15) is 0 Å². The highest BCUT2D eigenvalue weighted by atomic mass is 16.6. The molecule has 0 radical (unpaired) electrons. The first-order chi connectivity index (χ1) is 8.94. The molecular formula is C15H24O4. The van der Waals surface area contributed by atoms with Crippen molar-refractivity contribution in [2.75, 3.05) is 13.2 Å². The van der Waals surface area contributed by atoms with Crippen LogP contribution in [0.4, 0.5) is 0 Å². The van der Waals surface area contributed by atoms with E-state index in [1.165, 1.54) is 0 Å². The Labute approximate surface area is 114 Å². The lowest BCUT2D eigenvalue weighted by Gasteiger charge is -2.55. The van der Waals surface area contributed by atoms with Crippen LogP contribution in [0.2, 0.25) is 0 Å². The summed E-state index contributed by atoms with van der Waals surface area (Å²) in [4.78, 5) is 0. The number of aliphatic hydroxyl groups is 2. The maximum absolute atomic E-state index is 10.5. The fraction of sp³-hybridized carbons (Fsp3) is 1.00. The number of ether oxygens (including phenoxy) is 2. The first-order valence-electron chi connectivity index (χ1n) is 7.54. The van der Waals surface area contributed by atoms with Crippen LogP contribution < -0.4 is 0 Å². The van der Waals surface area contributed by atoms with Gasteiger partial charge in [-0.15, -0.1) is 0 Å². The molecule has 2 heterocycles. The highest BCUT2D eigenvalue weighted by Crippen LogP contribution is 2.64. The predicted molar refractivity (Wildman–Crippen MR) is 68.6 cm³/mol. The minimum Gasteiger partial charge on any atom is -0.396 e. The molecule has 0 aromatic carbocycles. The second-order valence-electron chi connectivity index (χ2n) is 7.68. The third-order valence-corrected chi connectivity index (χ3v) is 6.52. The normalized spacial score (nSPS) is 63.2. The Morgan fingerprint density at radius 3 is 2.63 bits per heavy atom. The third-order valence-electron chi connectivity index (χ3n) is 6.52. The van der Waals surface area contributed by atoms with E-state index in [1.54, 1.807) is 0 Å². The summed E-state index contributed by atoms with van der Waals surface area (Å²) >= 11 is 0. The molecule has 2 N–H and O–H groups in total. The minimum atomic E-state index is -0.409. The lowest BCUT2D eigenvalue weighted by molar-refractivity contribution is -0.130. The summed E-state index contributed by atoms with van der Waals surface area (Å²) in [6.07, 6.45) is 3.59. The van der Waals surface area contributed by atoms with E-state index in [1.807, 2.05) is 0 Å². The van der Waals surface area contributed by atoms with Gasteiger partial charge in [0.15, 0.2) is 0 Å². The lowest BCUT2D eigenvalue weighted by atomic mass is 9.49. The van der Waals surface area contributed by atoms with E-state index in [9.17, 15) is 10.2 Å². The van der Waals surface area contributed by atoms with Crippen molar-refractivity contribution in [3.63, 3.8) is 0 Å². The molecule has 2 saturated carbocycles. The average Bonchev–Trinajstić information content (AvgIpc) is 3.24. The number of hydrogen-bond donors (Lipinski definition) is 2. The van der Waals surface area contributed by atoms with E-state index in [4.69, 9.17) is 9.47 Å². The van der Waals surface area contributed by atoms with Gasteiger partial charge < -0.3 is 19.7 Å². The van der Waals surface area contributed by atoms with Gasteiger partial charge in [0.05, 0.1) is 24.4 Å². The molecule has 4 heteroatoms. The van der Waals surface area contributed by atoms with Crippen LogP contribution in [0.5, 0.6) is 0 Å². The molecule has 108 valence electrons. The van der Waals surface area contributed by atoms with Gasteiger partial charge in [0.25, 0.3) is 0 Å². The summed E-state index contributed by atoms with van der Waals surface area (Å²) in [6, 6.07) is 0. The van der Waals surface area contributed by atoms with Gasteiger partial charge in [-0.05, 0) is 43.4 Å². The molecule has 0 aromatic heterocycles. The van der Waals surface area contributed by atoms with Crippen molar-refractivity contribution in [2.24, 2.45) is 17.3 Å². The first kappa shape index (κ1) is 12.6. The van der Waals surface area contributed by atoms with Crippen LogP contribution in [0.25, 0.3) is 0 Å². The summed E-state index contributed by atoms with van der Waals surface area (Å²) in [5.74, 6) is 0.871. The molecule has 7 atom stereocenters. The second-order valence-corrected chi connectivity index (χ2v) is 7.68. The van der Waals surface area contributed by atoms with Gasteiger partial charge in [0, 0.05) is 13.0 Å². The zero-order valence-corrected chi connectivity index (χ0v) is 11.8. The average molecular weight is 268 g/mol. The topological polar surface area (TPSA) is 65.5 Å². The Hall–Kier alpha value is -0.160. The molecule has 2 aliphatic heterocycles. The second kappa shape index (κ2) is 3.53. The van der Waals surface area contributed by atoms with Crippen molar-refractivity contribution >= 4 is 0 Å². The van der Waals surface area contributed by atoms with E-state index < -0.39 is 6.10 Å². The van der Waals surface area contributed by atoms with Gasteiger partial charge in [-0.25, -0.2) is 0 Å². The van der Waals surface area contributed by atoms with Gasteiger partial charge in [0.2, 0.25) is 0 Å². The standard InChI is InChI=1S/C15H24O4/c1-13(7-16)6-10-9(13)3-4-14(2)12(19-14)5-11(17)15(10)8-18-15/h9-12,16-17H,3-8H2,1-2H3/t9-,10+,11-,12-,13+,14+,15-/m1/s1. The van der Waals surface area contributed by atoms with Crippen molar-refractivity contribution in [2.45, 2.75) is 62.9 Å². The van der Waals surface area contributed by atoms with Crippen LogP contribution >= 0.6 is 0 Å². The quantitative estimate of drug-likeness (QED) is 0.699. The summed E-state index contributed by atoms with van der Waals surface area (Å²) in [5, 5.41) is 20.2. The monoisotopic (exact) mass is 268 g/mol. The van der Waals surface area contributed by atoms with E-state index in [2.05, 4.69) is 13.8 Å². The summed E-state index contributed by atoms with van der Waals surface area (Å²) < 4.78 is 11.5. The minimum absolute atomic E-state index is 0.00836. The molecule has 1 spiro atoms. The molecule has 4 aliphatic rings. The molecular weight excluding hydrogens is 244 g/mol. The highest BCUT2D eigenvalue weighted by molar-refractivity contribution is 5.17. The summed E-state index contributed by atoms with van der Waals surface area (Å²) in [5.41, 5.74) is -0.358. The first-order valence-corrected chi connectivity index (χ1v) is 7.54. The Kier molecular flexibility index (Phi) is 2.34. The van der Waals surface area contributed by atoms with Gasteiger partial charge in [-0.3, -0.25) is 0 Å². The Morgan fingerprint density at radius 2 is 2.00 bits per heavy atom. The molecule has 0 bridgehead atoms. The highest BCUT2D eigenvalue weighted by Gasteiger charge is 2.69. The van der Waals surface area contributed by atoms with E-state index in [0.717, 1.165) is 19.3 Å². The van der Waals surface area contributed by atoms with Crippen LogP contribution in [0.3, 0.4) is 0 Å². The van der Waals surface area contributed by atoms with E-state index in [-0.39, 0.29) is 29.3 Å². The summed E-state index contributed by atoms with van der Waals surface area (Å²) in [6.45, 7) is 5.24. The largest absolute Gasteiger partial charge is 0.396 e. The van der Waals surface area contributed by atoms with Crippen molar-refractivity contribution < 1.29 is 19.7 Å². The van der Waals surface area contributed by atoms with Crippen molar-refractivity contribution in [1.82, 2.24) is 0 Å². The predicted octanol–water partition coefficient (Wildman–Crippen LogP) is 1.09. The van der Waals surface area contributed by atoms with Gasteiger partial charge in [0.1, 0.15) is 5.60 Å². The maximum Gasteiger partial charge on any atom is 0.120 e. The van der Waals surface area contributed by atoms with Crippen LogP contribution in [0.1, 0.15) is 39.5 Å².